The minimum absolute atomic E-state index is 0.0797. The highest BCUT2D eigenvalue weighted by Gasteiger charge is 2.26. The zero-order chi connectivity index (χ0) is 12.3. The second-order valence-corrected chi connectivity index (χ2v) is 4.56. The number of benzene rings is 1. The van der Waals surface area contributed by atoms with Gasteiger partial charge in [-0.15, -0.1) is 0 Å². The maximum Gasteiger partial charge on any atom is 0.130 e. The van der Waals surface area contributed by atoms with Crippen molar-refractivity contribution in [1.29, 1.82) is 0 Å². The summed E-state index contributed by atoms with van der Waals surface area (Å²) in [6, 6.07) is 4.05. The van der Waals surface area contributed by atoms with E-state index in [9.17, 15) is 8.78 Å². The predicted molar refractivity (Wildman–Crippen MR) is 61.4 cm³/mol. The largest absolute Gasteiger partial charge is 0.396 e. The van der Waals surface area contributed by atoms with Crippen molar-refractivity contribution in [2.45, 2.75) is 31.8 Å². The number of nitrogens with one attached hydrogen (secondary N) is 1. The molecule has 1 aliphatic carbocycles. The van der Waals surface area contributed by atoms with E-state index in [1.54, 1.807) is 0 Å². The Labute approximate surface area is 99.7 Å². The standard InChI is InChI=1S/C13H17F2NO/c14-11-4-2-5-12(15)10(11)7-16-13-6-1-3-9(13)8-17/h2,4-5,9,13,16-17H,1,3,6-8H2. The number of rotatable bonds is 4. The van der Waals surface area contributed by atoms with Gasteiger partial charge in [0.05, 0.1) is 0 Å². The summed E-state index contributed by atoms with van der Waals surface area (Å²) in [6.45, 7) is 0.317. The number of aliphatic hydroxyl groups excluding tert-OH is 1. The van der Waals surface area contributed by atoms with Crippen molar-refractivity contribution in [3.8, 4) is 0 Å². The van der Waals surface area contributed by atoms with Gasteiger partial charge in [0.1, 0.15) is 11.6 Å². The molecule has 0 saturated heterocycles. The molecule has 0 aromatic heterocycles. The molecule has 1 aromatic carbocycles. The molecule has 0 aliphatic heterocycles. The van der Waals surface area contributed by atoms with E-state index in [1.807, 2.05) is 0 Å². The molecular formula is C13H17F2NO. The molecule has 1 aliphatic rings. The summed E-state index contributed by atoms with van der Waals surface area (Å²) in [6.07, 6.45) is 3.00. The summed E-state index contributed by atoms with van der Waals surface area (Å²) in [4.78, 5) is 0. The quantitative estimate of drug-likeness (QED) is 0.847. The van der Waals surface area contributed by atoms with Crippen molar-refractivity contribution >= 4 is 0 Å². The van der Waals surface area contributed by atoms with Gasteiger partial charge in [-0.25, -0.2) is 8.78 Å². The monoisotopic (exact) mass is 241 g/mol. The van der Waals surface area contributed by atoms with Crippen LogP contribution in [0, 0.1) is 17.6 Å². The maximum atomic E-state index is 13.4. The van der Waals surface area contributed by atoms with E-state index in [0.29, 0.717) is 0 Å². The fourth-order valence-corrected chi connectivity index (χ4v) is 2.46. The highest BCUT2D eigenvalue weighted by molar-refractivity contribution is 5.19. The normalized spacial score (nSPS) is 24.2. The summed E-state index contributed by atoms with van der Waals surface area (Å²) < 4.78 is 26.7. The van der Waals surface area contributed by atoms with E-state index in [0.717, 1.165) is 19.3 Å². The average molecular weight is 241 g/mol. The van der Waals surface area contributed by atoms with Gasteiger partial charge in [-0.3, -0.25) is 0 Å². The van der Waals surface area contributed by atoms with Gasteiger partial charge in [-0.2, -0.15) is 0 Å². The van der Waals surface area contributed by atoms with Crippen LogP contribution in [-0.2, 0) is 6.54 Å². The molecule has 2 N–H and O–H groups in total. The van der Waals surface area contributed by atoms with Gasteiger partial charge in [-0.1, -0.05) is 12.5 Å². The van der Waals surface area contributed by atoms with Gasteiger partial charge < -0.3 is 10.4 Å². The van der Waals surface area contributed by atoms with Crippen LogP contribution in [0.3, 0.4) is 0 Å². The van der Waals surface area contributed by atoms with Crippen molar-refractivity contribution in [2.24, 2.45) is 5.92 Å². The van der Waals surface area contributed by atoms with Crippen LogP contribution in [0.4, 0.5) is 8.78 Å². The lowest BCUT2D eigenvalue weighted by Gasteiger charge is -2.19. The van der Waals surface area contributed by atoms with Gasteiger partial charge in [0, 0.05) is 24.8 Å². The van der Waals surface area contributed by atoms with Crippen molar-refractivity contribution in [1.82, 2.24) is 5.32 Å². The lowest BCUT2D eigenvalue weighted by Crippen LogP contribution is -2.34. The fourth-order valence-electron chi connectivity index (χ4n) is 2.46. The molecule has 4 heteroatoms. The van der Waals surface area contributed by atoms with Gasteiger partial charge in [0.15, 0.2) is 0 Å². The van der Waals surface area contributed by atoms with Crippen LogP contribution >= 0.6 is 0 Å². The van der Waals surface area contributed by atoms with Gasteiger partial charge in [0.2, 0.25) is 0 Å². The molecule has 0 spiro atoms. The zero-order valence-corrected chi connectivity index (χ0v) is 9.63. The predicted octanol–water partition coefficient (Wildman–Crippen LogP) is 2.22. The molecule has 2 nitrogen and oxygen atoms in total. The SMILES string of the molecule is OCC1CCCC1NCc1c(F)cccc1F. The number of aliphatic hydroxyl groups is 1. The molecule has 0 heterocycles. The minimum atomic E-state index is -0.518. The lowest BCUT2D eigenvalue weighted by atomic mass is 10.0. The molecule has 0 bridgehead atoms. The molecule has 2 atom stereocenters. The maximum absolute atomic E-state index is 13.4. The summed E-state index contributed by atoms with van der Waals surface area (Å²) in [5.74, 6) is -0.822. The number of hydrogen-bond acceptors (Lipinski definition) is 2. The molecule has 94 valence electrons. The Morgan fingerprint density at radius 3 is 2.59 bits per heavy atom. The van der Waals surface area contributed by atoms with E-state index in [4.69, 9.17) is 5.11 Å². The van der Waals surface area contributed by atoms with Crippen LogP contribution in [0.5, 0.6) is 0 Å². The Morgan fingerprint density at radius 1 is 1.24 bits per heavy atom. The number of hydrogen-bond donors (Lipinski definition) is 2. The van der Waals surface area contributed by atoms with E-state index in [-0.39, 0.29) is 30.7 Å². The molecule has 0 amide bonds. The van der Waals surface area contributed by atoms with Crippen molar-refractivity contribution < 1.29 is 13.9 Å². The smallest absolute Gasteiger partial charge is 0.130 e. The molecule has 1 fully saturated rings. The third-order valence-electron chi connectivity index (χ3n) is 3.50. The molecule has 0 radical (unpaired) electrons. The highest BCUT2D eigenvalue weighted by atomic mass is 19.1. The summed E-state index contributed by atoms with van der Waals surface area (Å²) in [5.41, 5.74) is 0.0797. The summed E-state index contributed by atoms with van der Waals surface area (Å²) in [7, 11) is 0. The van der Waals surface area contributed by atoms with Crippen LogP contribution < -0.4 is 5.32 Å². The highest BCUT2D eigenvalue weighted by Crippen LogP contribution is 2.25. The first kappa shape index (κ1) is 12.5. The van der Waals surface area contributed by atoms with Crippen molar-refractivity contribution in [3.63, 3.8) is 0 Å². The second-order valence-electron chi connectivity index (χ2n) is 4.56. The Kier molecular flexibility index (Phi) is 4.07. The Hall–Kier alpha value is -1.00. The Morgan fingerprint density at radius 2 is 1.94 bits per heavy atom. The van der Waals surface area contributed by atoms with E-state index >= 15 is 0 Å². The zero-order valence-electron chi connectivity index (χ0n) is 9.63. The molecule has 2 unspecified atom stereocenters. The second kappa shape index (κ2) is 5.56. The van der Waals surface area contributed by atoms with Gasteiger partial charge in [0.25, 0.3) is 0 Å². The number of halogens is 2. The van der Waals surface area contributed by atoms with E-state index in [2.05, 4.69) is 5.32 Å². The molecule has 17 heavy (non-hydrogen) atoms. The van der Waals surface area contributed by atoms with Crippen LogP contribution in [0.2, 0.25) is 0 Å². The van der Waals surface area contributed by atoms with Crippen LogP contribution in [0.15, 0.2) is 18.2 Å². The average Bonchev–Trinajstić information content (AvgIpc) is 2.76. The molecule has 2 rings (SSSR count). The van der Waals surface area contributed by atoms with Crippen LogP contribution in [-0.4, -0.2) is 17.8 Å². The van der Waals surface area contributed by atoms with Gasteiger partial charge in [-0.05, 0) is 30.9 Å². The summed E-state index contributed by atoms with van der Waals surface area (Å²) in [5, 5.41) is 12.3. The third-order valence-corrected chi connectivity index (χ3v) is 3.50. The first-order valence-electron chi connectivity index (χ1n) is 5.99. The van der Waals surface area contributed by atoms with Gasteiger partial charge >= 0.3 is 0 Å². The Balaban J connectivity index is 1.98. The van der Waals surface area contributed by atoms with E-state index < -0.39 is 11.6 Å². The lowest BCUT2D eigenvalue weighted by molar-refractivity contribution is 0.204. The van der Waals surface area contributed by atoms with Crippen molar-refractivity contribution in [3.05, 3.63) is 35.4 Å². The Bertz CT molecular complexity index is 363. The van der Waals surface area contributed by atoms with Crippen LogP contribution in [0.25, 0.3) is 0 Å². The molecule has 1 aromatic rings. The van der Waals surface area contributed by atoms with Crippen LogP contribution in [0.1, 0.15) is 24.8 Å². The topological polar surface area (TPSA) is 32.3 Å². The summed E-state index contributed by atoms with van der Waals surface area (Å²) >= 11 is 0. The van der Waals surface area contributed by atoms with Crippen molar-refractivity contribution in [2.75, 3.05) is 6.61 Å². The first-order valence-corrected chi connectivity index (χ1v) is 5.99. The van der Waals surface area contributed by atoms with E-state index in [1.165, 1.54) is 18.2 Å². The minimum Gasteiger partial charge on any atom is -0.396 e. The molecular weight excluding hydrogens is 224 g/mol. The first-order chi connectivity index (χ1) is 8.22. The third kappa shape index (κ3) is 2.82. The fraction of sp³-hybridized carbons (Fsp3) is 0.538. The molecule has 1 saturated carbocycles.